The van der Waals surface area contributed by atoms with Crippen molar-refractivity contribution in [2.45, 2.75) is 26.3 Å². The van der Waals surface area contributed by atoms with Gasteiger partial charge in [-0.15, -0.1) is 11.3 Å². The summed E-state index contributed by atoms with van der Waals surface area (Å²) < 4.78 is 10.4. The molecule has 3 heterocycles. The number of carbonyl (C=O) groups is 1. The topological polar surface area (TPSA) is 94.1 Å². The van der Waals surface area contributed by atoms with Gasteiger partial charge in [0.2, 0.25) is 11.7 Å². The standard InChI is InChI=1S/C20H18N4O3S/c1-3-17-22-15(11-28-17)13-6-8-14(9-7-13)18-23-20(27-24-18)12(2)21-19(25)16-5-4-10-26-16/h4-12H,3H2,1-2H3,(H,21,25)/t12-/m0/s1. The number of rotatable bonds is 6. The van der Waals surface area contributed by atoms with E-state index >= 15 is 0 Å². The summed E-state index contributed by atoms with van der Waals surface area (Å²) in [6.45, 7) is 3.87. The van der Waals surface area contributed by atoms with E-state index in [9.17, 15) is 4.79 Å². The Balaban J connectivity index is 1.47. The number of nitrogens with one attached hydrogen (secondary N) is 1. The first-order chi connectivity index (χ1) is 13.6. The molecule has 8 heteroatoms. The third-order valence-corrected chi connectivity index (χ3v) is 5.19. The SMILES string of the molecule is CCc1nc(-c2ccc(-c3noc([C@H](C)NC(=O)c4ccco4)n3)cc2)cs1. The highest BCUT2D eigenvalue weighted by atomic mass is 32.1. The zero-order valence-corrected chi connectivity index (χ0v) is 16.2. The molecule has 0 saturated carbocycles. The molecule has 0 aliphatic rings. The molecule has 0 aliphatic heterocycles. The normalized spacial score (nSPS) is 12.1. The van der Waals surface area contributed by atoms with Gasteiger partial charge < -0.3 is 14.3 Å². The molecule has 4 aromatic rings. The van der Waals surface area contributed by atoms with Crippen LogP contribution in [0, 0.1) is 0 Å². The van der Waals surface area contributed by atoms with E-state index in [1.165, 1.54) is 6.26 Å². The van der Waals surface area contributed by atoms with Gasteiger partial charge in [-0.3, -0.25) is 4.79 Å². The van der Waals surface area contributed by atoms with Gasteiger partial charge in [-0.25, -0.2) is 4.98 Å². The van der Waals surface area contributed by atoms with Crippen LogP contribution < -0.4 is 5.32 Å². The van der Waals surface area contributed by atoms with Crippen molar-refractivity contribution in [3.05, 3.63) is 64.7 Å². The summed E-state index contributed by atoms with van der Waals surface area (Å²) in [5.41, 5.74) is 2.84. The van der Waals surface area contributed by atoms with E-state index in [1.54, 1.807) is 30.4 Å². The van der Waals surface area contributed by atoms with Crippen LogP contribution in [0.15, 0.2) is 57.0 Å². The molecule has 1 N–H and O–H groups in total. The molecule has 7 nitrogen and oxygen atoms in total. The van der Waals surface area contributed by atoms with Crippen LogP contribution in [-0.4, -0.2) is 21.0 Å². The first-order valence-electron chi connectivity index (χ1n) is 8.87. The van der Waals surface area contributed by atoms with Crippen molar-refractivity contribution in [3.63, 3.8) is 0 Å². The van der Waals surface area contributed by atoms with Gasteiger partial charge in [0.15, 0.2) is 5.76 Å². The Morgan fingerprint density at radius 2 is 1.96 bits per heavy atom. The van der Waals surface area contributed by atoms with Crippen LogP contribution >= 0.6 is 11.3 Å². The van der Waals surface area contributed by atoms with Gasteiger partial charge in [0.25, 0.3) is 5.91 Å². The molecule has 0 spiro atoms. The van der Waals surface area contributed by atoms with E-state index in [0.29, 0.717) is 11.7 Å². The number of amides is 1. The van der Waals surface area contributed by atoms with Gasteiger partial charge >= 0.3 is 0 Å². The van der Waals surface area contributed by atoms with E-state index < -0.39 is 6.04 Å². The first-order valence-corrected chi connectivity index (χ1v) is 9.75. The summed E-state index contributed by atoms with van der Waals surface area (Å²) in [4.78, 5) is 21.1. The maximum Gasteiger partial charge on any atom is 0.287 e. The van der Waals surface area contributed by atoms with Crippen molar-refractivity contribution in [3.8, 4) is 22.6 Å². The third kappa shape index (κ3) is 3.72. The lowest BCUT2D eigenvalue weighted by atomic mass is 10.1. The lowest BCUT2D eigenvalue weighted by Crippen LogP contribution is -2.26. The second-order valence-electron chi connectivity index (χ2n) is 6.19. The van der Waals surface area contributed by atoms with Gasteiger partial charge in [-0.2, -0.15) is 4.98 Å². The van der Waals surface area contributed by atoms with E-state index in [2.05, 4.69) is 32.7 Å². The summed E-state index contributed by atoms with van der Waals surface area (Å²) in [5.74, 6) is 0.686. The molecule has 0 unspecified atom stereocenters. The maximum atomic E-state index is 12.1. The molecule has 0 fully saturated rings. The average Bonchev–Trinajstić information content (AvgIpc) is 3.49. The highest BCUT2D eigenvalue weighted by molar-refractivity contribution is 7.09. The fraction of sp³-hybridized carbons (Fsp3) is 0.200. The molecule has 1 atom stereocenters. The van der Waals surface area contributed by atoms with Crippen LogP contribution in [0.5, 0.6) is 0 Å². The van der Waals surface area contributed by atoms with Gasteiger partial charge in [-0.05, 0) is 25.5 Å². The van der Waals surface area contributed by atoms with Crippen LogP contribution in [0.4, 0.5) is 0 Å². The van der Waals surface area contributed by atoms with Crippen LogP contribution in [0.2, 0.25) is 0 Å². The summed E-state index contributed by atoms with van der Waals surface area (Å²) in [6.07, 6.45) is 2.38. The molecule has 0 bridgehead atoms. The van der Waals surface area contributed by atoms with Gasteiger partial charge in [-0.1, -0.05) is 36.3 Å². The Labute approximate surface area is 165 Å². The molecule has 0 saturated heterocycles. The number of aryl methyl sites for hydroxylation is 1. The molecule has 0 radical (unpaired) electrons. The third-order valence-electron chi connectivity index (χ3n) is 4.20. The van der Waals surface area contributed by atoms with Crippen molar-refractivity contribution in [1.29, 1.82) is 0 Å². The van der Waals surface area contributed by atoms with E-state index in [-0.39, 0.29) is 11.7 Å². The Kier molecular flexibility index (Phi) is 5.03. The van der Waals surface area contributed by atoms with Crippen molar-refractivity contribution >= 4 is 17.2 Å². The van der Waals surface area contributed by atoms with E-state index in [0.717, 1.165) is 28.2 Å². The molecular formula is C20H18N4O3S. The minimum atomic E-state index is -0.444. The van der Waals surface area contributed by atoms with Crippen LogP contribution in [0.3, 0.4) is 0 Å². The number of carbonyl (C=O) groups excluding carboxylic acids is 1. The molecule has 0 aliphatic carbocycles. The second-order valence-corrected chi connectivity index (χ2v) is 7.13. The lowest BCUT2D eigenvalue weighted by Gasteiger charge is -2.07. The Bertz CT molecular complexity index is 1070. The average molecular weight is 394 g/mol. The zero-order chi connectivity index (χ0) is 19.5. The van der Waals surface area contributed by atoms with Crippen LogP contribution in [0.25, 0.3) is 22.6 Å². The summed E-state index contributed by atoms with van der Waals surface area (Å²) in [7, 11) is 0. The van der Waals surface area contributed by atoms with Crippen molar-refractivity contribution in [2.24, 2.45) is 0 Å². The number of hydrogen-bond donors (Lipinski definition) is 1. The molecule has 1 amide bonds. The van der Waals surface area contributed by atoms with E-state index in [1.807, 2.05) is 24.3 Å². The maximum absolute atomic E-state index is 12.1. The monoisotopic (exact) mass is 394 g/mol. The highest BCUT2D eigenvalue weighted by Gasteiger charge is 2.19. The Morgan fingerprint density at radius 3 is 2.64 bits per heavy atom. The summed E-state index contributed by atoms with van der Waals surface area (Å²) >= 11 is 1.66. The minimum Gasteiger partial charge on any atom is -0.459 e. The van der Waals surface area contributed by atoms with Crippen molar-refractivity contribution in [1.82, 2.24) is 20.4 Å². The predicted molar refractivity (Wildman–Crippen MR) is 105 cm³/mol. The fourth-order valence-corrected chi connectivity index (χ4v) is 3.42. The number of thiazole rings is 1. The number of furan rings is 1. The second kappa shape index (κ2) is 7.77. The Hall–Kier alpha value is -3.26. The highest BCUT2D eigenvalue weighted by Crippen LogP contribution is 2.25. The molecule has 1 aromatic carbocycles. The molecule has 28 heavy (non-hydrogen) atoms. The van der Waals surface area contributed by atoms with E-state index in [4.69, 9.17) is 8.94 Å². The molecule has 142 valence electrons. The number of nitrogens with zero attached hydrogens (tertiary/aromatic N) is 3. The summed E-state index contributed by atoms with van der Waals surface area (Å²) in [6, 6.07) is 10.6. The number of hydrogen-bond acceptors (Lipinski definition) is 7. The van der Waals surface area contributed by atoms with Gasteiger partial charge in [0.05, 0.1) is 17.0 Å². The molecule has 3 aromatic heterocycles. The molecule has 4 rings (SSSR count). The largest absolute Gasteiger partial charge is 0.459 e. The van der Waals surface area contributed by atoms with Gasteiger partial charge in [0.1, 0.15) is 6.04 Å². The lowest BCUT2D eigenvalue weighted by molar-refractivity contribution is 0.0904. The Morgan fingerprint density at radius 1 is 1.18 bits per heavy atom. The zero-order valence-electron chi connectivity index (χ0n) is 15.4. The number of benzene rings is 1. The minimum absolute atomic E-state index is 0.232. The predicted octanol–water partition coefficient (Wildman–Crippen LogP) is 4.51. The molecular weight excluding hydrogens is 376 g/mol. The quantitative estimate of drug-likeness (QED) is 0.517. The van der Waals surface area contributed by atoms with Crippen LogP contribution in [-0.2, 0) is 6.42 Å². The fourth-order valence-electron chi connectivity index (χ4n) is 2.66. The van der Waals surface area contributed by atoms with Crippen molar-refractivity contribution in [2.75, 3.05) is 0 Å². The van der Waals surface area contributed by atoms with Gasteiger partial charge in [0, 0.05) is 16.5 Å². The summed E-state index contributed by atoms with van der Waals surface area (Å²) in [5, 5.41) is 9.97. The van der Waals surface area contributed by atoms with Crippen molar-refractivity contribution < 1.29 is 13.7 Å². The first kappa shape index (κ1) is 18.1. The van der Waals surface area contributed by atoms with Crippen LogP contribution in [0.1, 0.15) is 41.3 Å². The smallest absolute Gasteiger partial charge is 0.287 e. The number of aromatic nitrogens is 3.